The van der Waals surface area contributed by atoms with Gasteiger partial charge in [-0.1, -0.05) is 123 Å². The first-order chi connectivity index (χ1) is 30.6. The number of hydrogen-bond donors (Lipinski definition) is 2. The van der Waals surface area contributed by atoms with Crippen molar-refractivity contribution in [1.29, 1.82) is 0 Å². The lowest BCUT2D eigenvalue weighted by molar-refractivity contribution is 0.395. The molecule has 8 rings (SSSR count). The van der Waals surface area contributed by atoms with Gasteiger partial charge in [0.25, 0.3) is 0 Å². The van der Waals surface area contributed by atoms with E-state index >= 15 is 0 Å². The minimum Gasteiger partial charge on any atom is -0.507 e. The lowest BCUT2D eigenvalue weighted by atomic mass is 9.93. The van der Waals surface area contributed by atoms with E-state index in [1.54, 1.807) is 0 Å². The molecule has 8 aromatic carbocycles. The number of nitrogens with zero attached hydrogens (tertiary/aromatic N) is 4. The van der Waals surface area contributed by atoms with Crippen LogP contribution in [0.25, 0.3) is 22.3 Å². The molecule has 0 radical (unpaired) electrons. The van der Waals surface area contributed by atoms with Crippen LogP contribution in [-0.2, 0) is 0 Å². The second kappa shape index (κ2) is 18.9. The van der Waals surface area contributed by atoms with E-state index in [0.717, 1.165) is 67.8 Å². The maximum atomic E-state index is 11.2. The fourth-order valence-corrected chi connectivity index (χ4v) is 7.73. The van der Waals surface area contributed by atoms with Gasteiger partial charge in [0.15, 0.2) is 0 Å². The molecule has 2 N–H and O–H groups in total. The van der Waals surface area contributed by atoms with E-state index < -0.39 is 0 Å². The van der Waals surface area contributed by atoms with Crippen LogP contribution in [0.5, 0.6) is 11.5 Å². The standard InChI is InChI=1S/C57H52N4O2/c1-41(53-35-29-45(37-55(53)62)43-25-31-51(32-26-43)60(47-17-9-5-10-18-47)48-19-11-6-12-20-48)58-39-57(3,4)40-59-42(2)54-36-30-46(38-56(54)63)44-27-33-52(34-28-44)61(49-21-13-7-14-22-49)50-23-15-8-16-24-50/h5-38,62-63H,39-40H2,1-4H3. The van der Waals surface area contributed by atoms with E-state index in [1.165, 1.54) is 0 Å². The highest BCUT2D eigenvalue weighted by Gasteiger charge is 2.19. The van der Waals surface area contributed by atoms with Crippen LogP contribution >= 0.6 is 0 Å². The molecule has 0 aliphatic rings. The summed E-state index contributed by atoms with van der Waals surface area (Å²) >= 11 is 0. The van der Waals surface area contributed by atoms with Crippen molar-refractivity contribution in [2.75, 3.05) is 22.9 Å². The number of anilines is 6. The van der Waals surface area contributed by atoms with E-state index in [2.05, 4.69) is 121 Å². The summed E-state index contributed by atoms with van der Waals surface area (Å²) in [4.78, 5) is 14.3. The van der Waals surface area contributed by atoms with Crippen LogP contribution < -0.4 is 9.80 Å². The zero-order valence-electron chi connectivity index (χ0n) is 36.2. The van der Waals surface area contributed by atoms with E-state index in [1.807, 2.05) is 123 Å². The van der Waals surface area contributed by atoms with Crippen LogP contribution in [0.1, 0.15) is 38.8 Å². The zero-order valence-corrected chi connectivity index (χ0v) is 36.2. The monoisotopic (exact) mass is 824 g/mol. The van der Waals surface area contributed by atoms with Gasteiger partial charge in [-0.2, -0.15) is 0 Å². The lowest BCUT2D eigenvalue weighted by Gasteiger charge is -2.25. The highest BCUT2D eigenvalue weighted by molar-refractivity contribution is 6.02. The van der Waals surface area contributed by atoms with Crippen LogP contribution in [0.4, 0.5) is 34.1 Å². The largest absolute Gasteiger partial charge is 0.507 e. The summed E-state index contributed by atoms with van der Waals surface area (Å²) in [6.07, 6.45) is 0. The molecule has 0 fully saturated rings. The number of phenols is 2. The Bertz CT molecular complexity index is 2550. The smallest absolute Gasteiger partial charge is 0.125 e. The number of aromatic hydroxyl groups is 2. The molecular weight excluding hydrogens is 773 g/mol. The summed E-state index contributed by atoms with van der Waals surface area (Å²) in [6.45, 7) is 9.17. The van der Waals surface area contributed by atoms with Gasteiger partial charge in [-0.15, -0.1) is 0 Å². The Balaban J connectivity index is 0.909. The Morgan fingerprint density at radius 2 is 0.651 bits per heavy atom. The topological polar surface area (TPSA) is 71.7 Å². The van der Waals surface area contributed by atoms with E-state index in [-0.39, 0.29) is 16.9 Å². The van der Waals surface area contributed by atoms with Crippen LogP contribution in [0.15, 0.2) is 216 Å². The molecule has 0 amide bonds. The number of phenolic OH excluding ortho intramolecular Hbond substituents is 2. The average molecular weight is 825 g/mol. The Hall–Kier alpha value is -7.70. The summed E-state index contributed by atoms with van der Waals surface area (Å²) in [7, 11) is 0. The van der Waals surface area contributed by atoms with Crippen molar-refractivity contribution in [3.8, 4) is 33.8 Å². The van der Waals surface area contributed by atoms with Gasteiger partial charge < -0.3 is 20.0 Å². The first-order valence-corrected chi connectivity index (χ1v) is 21.3. The van der Waals surface area contributed by atoms with Crippen molar-refractivity contribution >= 4 is 45.5 Å². The predicted molar refractivity (Wildman–Crippen MR) is 264 cm³/mol. The van der Waals surface area contributed by atoms with Gasteiger partial charge in [0.1, 0.15) is 11.5 Å². The van der Waals surface area contributed by atoms with Crippen molar-refractivity contribution in [3.63, 3.8) is 0 Å². The molecule has 0 saturated carbocycles. The van der Waals surface area contributed by atoms with E-state index in [4.69, 9.17) is 9.98 Å². The molecule has 312 valence electrons. The molecule has 0 atom stereocenters. The minimum absolute atomic E-state index is 0.191. The lowest BCUT2D eigenvalue weighted by Crippen LogP contribution is -2.21. The van der Waals surface area contributed by atoms with Gasteiger partial charge in [-0.3, -0.25) is 9.98 Å². The van der Waals surface area contributed by atoms with Crippen molar-refractivity contribution in [1.82, 2.24) is 0 Å². The van der Waals surface area contributed by atoms with Crippen LogP contribution in [0.3, 0.4) is 0 Å². The highest BCUT2D eigenvalue weighted by atomic mass is 16.3. The third-order valence-corrected chi connectivity index (χ3v) is 11.2. The number of benzene rings is 8. The Kier molecular flexibility index (Phi) is 12.6. The van der Waals surface area contributed by atoms with Gasteiger partial charge in [-0.25, -0.2) is 0 Å². The Morgan fingerprint density at radius 3 is 0.937 bits per heavy atom. The van der Waals surface area contributed by atoms with Gasteiger partial charge in [-0.05, 0) is 133 Å². The summed E-state index contributed by atoms with van der Waals surface area (Å²) in [5.41, 5.74) is 13.0. The molecule has 0 spiro atoms. The maximum Gasteiger partial charge on any atom is 0.125 e. The van der Waals surface area contributed by atoms with Crippen LogP contribution in [0, 0.1) is 5.41 Å². The summed E-state index contributed by atoms with van der Waals surface area (Å²) < 4.78 is 0. The zero-order chi connectivity index (χ0) is 43.8. The highest BCUT2D eigenvalue weighted by Crippen LogP contribution is 2.38. The summed E-state index contributed by atoms with van der Waals surface area (Å²) in [6, 6.07) is 69.7. The molecule has 6 nitrogen and oxygen atoms in total. The molecule has 0 bridgehead atoms. The first-order valence-electron chi connectivity index (χ1n) is 21.3. The van der Waals surface area contributed by atoms with Gasteiger partial charge in [0.2, 0.25) is 0 Å². The Morgan fingerprint density at radius 1 is 0.381 bits per heavy atom. The van der Waals surface area contributed by atoms with Crippen LogP contribution in [-0.4, -0.2) is 34.7 Å². The van der Waals surface area contributed by atoms with E-state index in [9.17, 15) is 10.2 Å². The van der Waals surface area contributed by atoms with Crippen molar-refractivity contribution in [3.05, 3.63) is 217 Å². The molecule has 0 aromatic heterocycles. The molecule has 0 heterocycles. The van der Waals surface area contributed by atoms with Crippen molar-refractivity contribution < 1.29 is 10.2 Å². The van der Waals surface area contributed by atoms with E-state index in [0.29, 0.717) is 24.2 Å². The first kappa shape index (κ1) is 42.0. The molecule has 8 aromatic rings. The van der Waals surface area contributed by atoms with Crippen molar-refractivity contribution in [2.45, 2.75) is 27.7 Å². The van der Waals surface area contributed by atoms with Gasteiger partial charge >= 0.3 is 0 Å². The normalized spacial score (nSPS) is 11.9. The molecular formula is C57H52N4O2. The molecule has 0 aliphatic heterocycles. The van der Waals surface area contributed by atoms with Gasteiger partial charge in [0, 0.05) is 75.2 Å². The van der Waals surface area contributed by atoms with Crippen molar-refractivity contribution in [2.24, 2.45) is 15.4 Å². The summed E-state index contributed by atoms with van der Waals surface area (Å²) in [5.74, 6) is 0.381. The second-order valence-corrected chi connectivity index (χ2v) is 16.5. The van der Waals surface area contributed by atoms with Crippen LogP contribution in [0.2, 0.25) is 0 Å². The number of rotatable bonds is 14. The molecule has 0 aliphatic carbocycles. The SMILES string of the molecule is CC(=NCC(C)(C)CN=C(C)c1ccc(-c2ccc(N(c3ccccc3)c3ccccc3)cc2)cc1O)c1ccc(-c2ccc(N(c3ccccc3)c3ccccc3)cc2)cc1O. The Labute approximate surface area is 371 Å². The fraction of sp³-hybridized carbons (Fsp3) is 0.123. The number of hydrogen-bond acceptors (Lipinski definition) is 6. The average Bonchev–Trinajstić information content (AvgIpc) is 3.32. The summed E-state index contributed by atoms with van der Waals surface area (Å²) in [5, 5.41) is 22.4. The molecule has 0 unspecified atom stereocenters. The molecule has 0 saturated heterocycles. The third kappa shape index (κ3) is 9.93. The molecule has 63 heavy (non-hydrogen) atoms. The third-order valence-electron chi connectivity index (χ3n) is 11.2. The predicted octanol–water partition coefficient (Wildman–Crippen LogP) is 14.7. The minimum atomic E-state index is -0.266. The molecule has 6 heteroatoms. The fourth-order valence-electron chi connectivity index (χ4n) is 7.73. The van der Waals surface area contributed by atoms with Gasteiger partial charge in [0.05, 0.1) is 0 Å². The second-order valence-electron chi connectivity index (χ2n) is 16.5. The number of para-hydroxylation sites is 4. The number of aliphatic imine (C=N–C) groups is 2. The maximum absolute atomic E-state index is 11.2. The quantitative estimate of drug-likeness (QED) is 0.107.